The van der Waals surface area contributed by atoms with Crippen molar-refractivity contribution < 1.29 is 4.39 Å². The van der Waals surface area contributed by atoms with Gasteiger partial charge in [-0.15, -0.1) is 0 Å². The monoisotopic (exact) mass is 287 g/mol. The van der Waals surface area contributed by atoms with Gasteiger partial charge in [0, 0.05) is 18.1 Å². The number of benzene rings is 2. The molecule has 2 aromatic carbocycles. The van der Waals surface area contributed by atoms with Gasteiger partial charge in [0.05, 0.1) is 10.7 Å². The van der Waals surface area contributed by atoms with Crippen molar-refractivity contribution in [2.24, 2.45) is 0 Å². The number of nitrogens with one attached hydrogen (secondary N) is 1. The smallest absolute Gasteiger partial charge is 0.212 e. The molecule has 0 amide bonds. The first-order chi connectivity index (χ1) is 9.74. The average Bonchev–Trinajstić information content (AvgIpc) is 2.91. The zero-order chi connectivity index (χ0) is 13.9. The minimum atomic E-state index is -0.455. The van der Waals surface area contributed by atoms with E-state index in [1.807, 2.05) is 30.3 Å². The van der Waals surface area contributed by atoms with Gasteiger partial charge in [0.1, 0.15) is 5.82 Å². The molecule has 0 radical (unpaired) electrons. The van der Waals surface area contributed by atoms with Crippen LogP contribution < -0.4 is 5.32 Å². The molecule has 0 spiro atoms. The van der Waals surface area contributed by atoms with Crippen LogP contribution >= 0.6 is 11.6 Å². The van der Waals surface area contributed by atoms with Crippen LogP contribution in [0.3, 0.4) is 0 Å². The van der Waals surface area contributed by atoms with Crippen LogP contribution in [-0.4, -0.2) is 9.55 Å². The predicted octanol–water partition coefficient (Wildman–Crippen LogP) is 4.41. The van der Waals surface area contributed by atoms with Gasteiger partial charge in [-0.05, 0) is 30.3 Å². The molecule has 0 bridgehead atoms. The normalized spacial score (nSPS) is 10.5. The molecule has 1 N–H and O–H groups in total. The van der Waals surface area contributed by atoms with Crippen molar-refractivity contribution >= 4 is 23.2 Å². The van der Waals surface area contributed by atoms with Crippen LogP contribution in [0.2, 0.25) is 5.02 Å². The molecule has 1 aromatic heterocycles. The third-order valence-corrected chi connectivity index (χ3v) is 3.16. The first-order valence-electron chi connectivity index (χ1n) is 6.05. The molecule has 3 nitrogen and oxygen atoms in total. The number of anilines is 2. The van der Waals surface area contributed by atoms with Gasteiger partial charge in [0.15, 0.2) is 0 Å². The molecule has 3 rings (SSSR count). The minimum Gasteiger partial charge on any atom is -0.325 e. The summed E-state index contributed by atoms with van der Waals surface area (Å²) in [4.78, 5) is 4.24. The van der Waals surface area contributed by atoms with Crippen molar-refractivity contribution in [3.63, 3.8) is 0 Å². The molecule has 0 atom stereocenters. The Hall–Kier alpha value is -2.33. The van der Waals surface area contributed by atoms with Gasteiger partial charge in [-0.25, -0.2) is 9.37 Å². The SMILES string of the molecule is Fc1cc(-n2ccnc2Nc2ccccc2)ccc1Cl. The maximum atomic E-state index is 13.5. The van der Waals surface area contributed by atoms with Gasteiger partial charge in [-0.3, -0.25) is 4.57 Å². The first kappa shape index (κ1) is 12.7. The summed E-state index contributed by atoms with van der Waals surface area (Å²) in [5.74, 6) is 0.154. The maximum absolute atomic E-state index is 13.5. The van der Waals surface area contributed by atoms with E-state index >= 15 is 0 Å². The number of aromatic nitrogens is 2. The highest BCUT2D eigenvalue weighted by atomic mass is 35.5. The number of imidazole rings is 1. The van der Waals surface area contributed by atoms with Gasteiger partial charge in [0.2, 0.25) is 5.95 Å². The molecule has 3 aromatic rings. The van der Waals surface area contributed by atoms with Crippen molar-refractivity contribution in [2.75, 3.05) is 5.32 Å². The Bertz CT molecular complexity index is 725. The predicted molar refractivity (Wildman–Crippen MR) is 78.3 cm³/mol. The lowest BCUT2D eigenvalue weighted by Crippen LogP contribution is -2.01. The van der Waals surface area contributed by atoms with E-state index in [0.717, 1.165) is 5.69 Å². The van der Waals surface area contributed by atoms with E-state index < -0.39 is 5.82 Å². The Kier molecular flexibility index (Phi) is 3.39. The van der Waals surface area contributed by atoms with Crippen LogP contribution in [0.15, 0.2) is 60.9 Å². The Balaban J connectivity index is 1.95. The van der Waals surface area contributed by atoms with Gasteiger partial charge in [0.25, 0.3) is 0 Å². The summed E-state index contributed by atoms with van der Waals surface area (Å²) in [6.07, 6.45) is 3.41. The lowest BCUT2D eigenvalue weighted by molar-refractivity contribution is 0.627. The van der Waals surface area contributed by atoms with Crippen molar-refractivity contribution in [1.82, 2.24) is 9.55 Å². The van der Waals surface area contributed by atoms with E-state index in [2.05, 4.69) is 10.3 Å². The summed E-state index contributed by atoms with van der Waals surface area (Å²) >= 11 is 5.70. The third kappa shape index (κ3) is 2.51. The molecule has 0 fully saturated rings. The Morgan fingerprint density at radius 1 is 1.10 bits per heavy atom. The summed E-state index contributed by atoms with van der Waals surface area (Å²) in [5.41, 5.74) is 1.57. The summed E-state index contributed by atoms with van der Waals surface area (Å²) in [7, 11) is 0. The van der Waals surface area contributed by atoms with Crippen molar-refractivity contribution in [3.8, 4) is 5.69 Å². The largest absolute Gasteiger partial charge is 0.325 e. The quantitative estimate of drug-likeness (QED) is 0.773. The lowest BCUT2D eigenvalue weighted by atomic mass is 10.3. The average molecular weight is 288 g/mol. The minimum absolute atomic E-state index is 0.103. The third-order valence-electron chi connectivity index (χ3n) is 2.85. The molecule has 0 saturated carbocycles. The van der Waals surface area contributed by atoms with Crippen LogP contribution in [0.5, 0.6) is 0 Å². The molecule has 20 heavy (non-hydrogen) atoms. The zero-order valence-corrected chi connectivity index (χ0v) is 11.2. The number of para-hydroxylation sites is 1. The van der Waals surface area contributed by atoms with E-state index in [-0.39, 0.29) is 5.02 Å². The molecule has 0 saturated heterocycles. The van der Waals surface area contributed by atoms with E-state index in [0.29, 0.717) is 11.6 Å². The molecule has 0 unspecified atom stereocenters. The van der Waals surface area contributed by atoms with Crippen LogP contribution in [0.25, 0.3) is 5.69 Å². The molecular formula is C15H11ClFN3. The number of nitrogens with zero attached hydrogens (tertiary/aromatic N) is 2. The van der Waals surface area contributed by atoms with E-state index in [4.69, 9.17) is 11.6 Å². The van der Waals surface area contributed by atoms with Gasteiger partial charge >= 0.3 is 0 Å². The fraction of sp³-hybridized carbons (Fsp3) is 0. The van der Waals surface area contributed by atoms with E-state index in [9.17, 15) is 4.39 Å². The molecule has 0 aliphatic rings. The second-order valence-corrected chi connectivity index (χ2v) is 4.62. The fourth-order valence-electron chi connectivity index (χ4n) is 1.89. The van der Waals surface area contributed by atoms with Crippen LogP contribution in [-0.2, 0) is 0 Å². The van der Waals surface area contributed by atoms with Gasteiger partial charge in [-0.2, -0.15) is 0 Å². The Morgan fingerprint density at radius 3 is 2.65 bits per heavy atom. The fourth-order valence-corrected chi connectivity index (χ4v) is 2.01. The maximum Gasteiger partial charge on any atom is 0.212 e. The Morgan fingerprint density at radius 2 is 1.90 bits per heavy atom. The molecule has 5 heteroatoms. The Labute approximate surface area is 120 Å². The standard InChI is InChI=1S/C15H11ClFN3/c16-13-7-6-12(10-14(13)17)20-9-8-18-15(20)19-11-4-2-1-3-5-11/h1-10H,(H,18,19). The molecule has 0 aliphatic heterocycles. The molecule has 0 aliphatic carbocycles. The molecular weight excluding hydrogens is 277 g/mol. The number of halogens is 2. The summed E-state index contributed by atoms with van der Waals surface area (Å²) in [6, 6.07) is 14.3. The van der Waals surface area contributed by atoms with E-state index in [1.165, 1.54) is 12.1 Å². The summed E-state index contributed by atoms with van der Waals surface area (Å²) < 4.78 is 15.3. The molecule has 1 heterocycles. The second kappa shape index (κ2) is 5.35. The van der Waals surface area contributed by atoms with Crippen LogP contribution in [0, 0.1) is 5.82 Å². The zero-order valence-electron chi connectivity index (χ0n) is 10.4. The van der Waals surface area contributed by atoms with Crippen molar-refractivity contribution in [2.45, 2.75) is 0 Å². The van der Waals surface area contributed by atoms with Gasteiger partial charge in [-0.1, -0.05) is 29.8 Å². The van der Waals surface area contributed by atoms with Crippen molar-refractivity contribution in [3.05, 3.63) is 71.8 Å². The lowest BCUT2D eigenvalue weighted by Gasteiger charge is -2.10. The highest BCUT2D eigenvalue weighted by Crippen LogP contribution is 2.22. The highest BCUT2D eigenvalue weighted by molar-refractivity contribution is 6.30. The van der Waals surface area contributed by atoms with Crippen LogP contribution in [0.4, 0.5) is 16.0 Å². The number of hydrogen-bond donors (Lipinski definition) is 1. The number of hydrogen-bond acceptors (Lipinski definition) is 2. The summed E-state index contributed by atoms with van der Waals surface area (Å²) in [5, 5.41) is 3.28. The van der Waals surface area contributed by atoms with Gasteiger partial charge < -0.3 is 5.32 Å². The first-order valence-corrected chi connectivity index (χ1v) is 6.43. The molecule has 100 valence electrons. The topological polar surface area (TPSA) is 29.9 Å². The summed E-state index contributed by atoms with van der Waals surface area (Å²) in [6.45, 7) is 0. The van der Waals surface area contributed by atoms with Crippen molar-refractivity contribution in [1.29, 1.82) is 0 Å². The van der Waals surface area contributed by atoms with Crippen LogP contribution in [0.1, 0.15) is 0 Å². The second-order valence-electron chi connectivity index (χ2n) is 4.21. The highest BCUT2D eigenvalue weighted by Gasteiger charge is 2.07. The van der Waals surface area contributed by atoms with E-state index in [1.54, 1.807) is 23.0 Å². The number of rotatable bonds is 3.